The molecule has 1 heterocycles. The molecule has 94 valence electrons. The number of hydrogen-bond donors (Lipinski definition) is 2. The van der Waals surface area contributed by atoms with Crippen molar-refractivity contribution >= 4 is 47.6 Å². The van der Waals surface area contributed by atoms with E-state index in [0.29, 0.717) is 8.95 Å². The van der Waals surface area contributed by atoms with E-state index in [-0.39, 0.29) is 23.7 Å². The first-order valence-corrected chi connectivity index (χ1v) is 7.77. The largest absolute Gasteiger partial charge is 0.398 e. The summed E-state index contributed by atoms with van der Waals surface area (Å²) in [5.41, 5.74) is 5.90. The van der Waals surface area contributed by atoms with Crippen molar-refractivity contribution in [3.63, 3.8) is 0 Å². The summed E-state index contributed by atoms with van der Waals surface area (Å²) in [5, 5.41) is 9.15. The highest BCUT2D eigenvalue weighted by Crippen LogP contribution is 2.34. The van der Waals surface area contributed by atoms with Gasteiger partial charge >= 0.3 is 0 Å². The molecule has 0 unspecified atom stereocenters. The Morgan fingerprint density at radius 3 is 2.41 bits per heavy atom. The minimum atomic E-state index is -3.63. The van der Waals surface area contributed by atoms with Gasteiger partial charge in [-0.2, -0.15) is 4.31 Å². The van der Waals surface area contributed by atoms with Crippen molar-refractivity contribution in [1.82, 2.24) is 4.31 Å². The van der Waals surface area contributed by atoms with Crippen molar-refractivity contribution in [1.29, 1.82) is 0 Å². The number of halogens is 2. The second-order valence-corrected chi connectivity index (χ2v) is 7.43. The third kappa shape index (κ3) is 2.37. The van der Waals surface area contributed by atoms with Gasteiger partial charge in [0, 0.05) is 22.0 Å². The number of hydrogen-bond acceptors (Lipinski definition) is 4. The van der Waals surface area contributed by atoms with Crippen LogP contribution in [-0.4, -0.2) is 37.0 Å². The molecule has 0 saturated carbocycles. The molecule has 1 aromatic rings. The van der Waals surface area contributed by atoms with Crippen LogP contribution in [0.2, 0.25) is 0 Å². The minimum absolute atomic E-state index is 0.0487. The Kier molecular flexibility index (Phi) is 3.52. The molecule has 1 fully saturated rings. The van der Waals surface area contributed by atoms with Crippen LogP contribution in [0.1, 0.15) is 0 Å². The van der Waals surface area contributed by atoms with E-state index < -0.39 is 16.1 Å². The van der Waals surface area contributed by atoms with Gasteiger partial charge in [0.05, 0.1) is 11.8 Å². The number of benzene rings is 1. The van der Waals surface area contributed by atoms with E-state index in [2.05, 4.69) is 31.9 Å². The number of aliphatic hydroxyl groups is 1. The fourth-order valence-corrected chi connectivity index (χ4v) is 5.12. The van der Waals surface area contributed by atoms with Crippen LogP contribution in [0, 0.1) is 0 Å². The summed E-state index contributed by atoms with van der Waals surface area (Å²) in [6, 6.07) is 3.16. The van der Waals surface area contributed by atoms with Gasteiger partial charge < -0.3 is 10.8 Å². The molecule has 1 saturated heterocycles. The second-order valence-electron chi connectivity index (χ2n) is 3.78. The van der Waals surface area contributed by atoms with Gasteiger partial charge in [-0.3, -0.25) is 0 Å². The Bertz CT molecular complexity index is 532. The molecular weight excluding hydrogens is 376 g/mol. The normalized spacial score (nSPS) is 18.1. The van der Waals surface area contributed by atoms with Gasteiger partial charge in [-0.05, 0) is 28.1 Å². The van der Waals surface area contributed by atoms with E-state index in [4.69, 9.17) is 10.8 Å². The topological polar surface area (TPSA) is 83.6 Å². The third-order valence-electron chi connectivity index (χ3n) is 2.46. The van der Waals surface area contributed by atoms with Crippen molar-refractivity contribution in [2.24, 2.45) is 0 Å². The van der Waals surface area contributed by atoms with Crippen LogP contribution in [0.5, 0.6) is 0 Å². The highest BCUT2D eigenvalue weighted by molar-refractivity contribution is 9.11. The molecule has 8 heteroatoms. The third-order valence-corrected chi connectivity index (χ3v) is 5.76. The predicted molar refractivity (Wildman–Crippen MR) is 71.0 cm³/mol. The van der Waals surface area contributed by atoms with Crippen LogP contribution < -0.4 is 5.73 Å². The first kappa shape index (κ1) is 13.3. The molecule has 0 aromatic heterocycles. The molecule has 5 nitrogen and oxygen atoms in total. The molecule has 0 bridgehead atoms. The zero-order valence-corrected chi connectivity index (χ0v) is 12.6. The molecule has 2 rings (SSSR count). The summed E-state index contributed by atoms with van der Waals surface area (Å²) in [4.78, 5) is 0.0487. The highest BCUT2D eigenvalue weighted by Gasteiger charge is 2.37. The average molecular weight is 386 g/mol. The molecule has 17 heavy (non-hydrogen) atoms. The Morgan fingerprint density at radius 1 is 1.35 bits per heavy atom. The van der Waals surface area contributed by atoms with Gasteiger partial charge in [0.25, 0.3) is 0 Å². The zero-order chi connectivity index (χ0) is 12.8. The van der Waals surface area contributed by atoms with Gasteiger partial charge in [-0.15, -0.1) is 0 Å². The van der Waals surface area contributed by atoms with E-state index in [0.717, 1.165) is 0 Å². The number of aliphatic hydroxyl groups excluding tert-OH is 1. The summed E-state index contributed by atoms with van der Waals surface area (Å²) >= 11 is 6.43. The molecule has 1 aromatic carbocycles. The van der Waals surface area contributed by atoms with Gasteiger partial charge in [-0.1, -0.05) is 15.9 Å². The van der Waals surface area contributed by atoms with Gasteiger partial charge in [-0.25, -0.2) is 8.42 Å². The SMILES string of the molecule is Nc1cc(Br)cc(Br)c1S(=O)(=O)N1CC(O)C1. The van der Waals surface area contributed by atoms with Gasteiger partial charge in [0.2, 0.25) is 10.0 Å². The summed E-state index contributed by atoms with van der Waals surface area (Å²) < 4.78 is 26.7. The number of nitrogen functional groups attached to an aromatic ring is 1. The molecule has 0 aliphatic carbocycles. The fraction of sp³-hybridized carbons (Fsp3) is 0.333. The van der Waals surface area contributed by atoms with E-state index in [9.17, 15) is 8.42 Å². The van der Waals surface area contributed by atoms with Crippen LogP contribution >= 0.6 is 31.9 Å². The molecule has 0 atom stereocenters. The molecule has 1 aliphatic rings. The zero-order valence-electron chi connectivity index (χ0n) is 8.60. The molecule has 0 radical (unpaired) electrons. The van der Waals surface area contributed by atoms with Gasteiger partial charge in [0.15, 0.2) is 0 Å². The van der Waals surface area contributed by atoms with E-state index in [1.165, 1.54) is 10.4 Å². The maximum atomic E-state index is 12.2. The number of sulfonamides is 1. The monoisotopic (exact) mass is 384 g/mol. The standard InChI is InChI=1S/C9H10Br2N2O3S/c10-5-1-7(11)9(8(12)2-5)17(15,16)13-3-6(14)4-13/h1-2,6,14H,3-4,12H2. The van der Waals surface area contributed by atoms with E-state index in [1.807, 2.05) is 0 Å². The maximum Gasteiger partial charge on any atom is 0.246 e. The molecule has 1 aliphatic heterocycles. The molecular formula is C9H10Br2N2O3S. The summed E-state index contributed by atoms with van der Waals surface area (Å²) in [7, 11) is -3.63. The maximum absolute atomic E-state index is 12.2. The number of β-amino-alcohol motifs (C(OH)–C–C–N with tert-alkyl or cyclic N) is 1. The van der Waals surface area contributed by atoms with Crippen LogP contribution in [0.25, 0.3) is 0 Å². The summed E-state index contributed by atoms with van der Waals surface area (Å²) in [6.07, 6.45) is -0.583. The lowest BCUT2D eigenvalue weighted by atomic mass is 10.2. The fourth-order valence-electron chi connectivity index (χ4n) is 1.59. The minimum Gasteiger partial charge on any atom is -0.398 e. The highest BCUT2D eigenvalue weighted by atomic mass is 79.9. The number of anilines is 1. The van der Waals surface area contributed by atoms with E-state index >= 15 is 0 Å². The molecule has 3 N–H and O–H groups in total. The van der Waals surface area contributed by atoms with Crippen molar-refractivity contribution in [3.8, 4) is 0 Å². The lowest BCUT2D eigenvalue weighted by Gasteiger charge is -2.35. The first-order valence-electron chi connectivity index (χ1n) is 4.75. The lowest BCUT2D eigenvalue weighted by molar-refractivity contribution is 0.0548. The summed E-state index contributed by atoms with van der Waals surface area (Å²) in [6.45, 7) is 0.231. The van der Waals surface area contributed by atoms with E-state index in [1.54, 1.807) is 6.07 Å². The van der Waals surface area contributed by atoms with Crippen LogP contribution in [0.3, 0.4) is 0 Å². The first-order chi connectivity index (χ1) is 7.82. The Balaban J connectivity index is 2.47. The van der Waals surface area contributed by atoms with Crippen molar-refractivity contribution in [3.05, 3.63) is 21.1 Å². The lowest BCUT2D eigenvalue weighted by Crippen LogP contribution is -2.53. The van der Waals surface area contributed by atoms with Crippen molar-refractivity contribution in [2.45, 2.75) is 11.0 Å². The van der Waals surface area contributed by atoms with Crippen molar-refractivity contribution in [2.75, 3.05) is 18.8 Å². The van der Waals surface area contributed by atoms with Crippen LogP contribution in [0.15, 0.2) is 26.0 Å². The Hall–Kier alpha value is -0.150. The van der Waals surface area contributed by atoms with Crippen LogP contribution in [0.4, 0.5) is 5.69 Å². The number of nitrogens with zero attached hydrogens (tertiary/aromatic N) is 1. The van der Waals surface area contributed by atoms with Crippen LogP contribution in [-0.2, 0) is 10.0 Å². The molecule has 0 amide bonds. The number of rotatable bonds is 2. The molecule has 0 spiro atoms. The predicted octanol–water partition coefficient (Wildman–Crippen LogP) is 1.16. The van der Waals surface area contributed by atoms with Gasteiger partial charge in [0.1, 0.15) is 4.90 Å². The number of nitrogens with two attached hydrogens (primary N) is 1. The van der Waals surface area contributed by atoms with Crippen molar-refractivity contribution < 1.29 is 13.5 Å². The second kappa shape index (κ2) is 4.51. The quantitative estimate of drug-likeness (QED) is 0.748. The summed E-state index contributed by atoms with van der Waals surface area (Å²) in [5.74, 6) is 0. The Labute approximate surface area is 116 Å². The average Bonchev–Trinajstić information content (AvgIpc) is 2.10. The Morgan fingerprint density at radius 2 is 1.94 bits per heavy atom. The smallest absolute Gasteiger partial charge is 0.246 e.